The van der Waals surface area contributed by atoms with E-state index < -0.39 is 11.6 Å². The number of hydrogen-bond donors (Lipinski definition) is 1. The van der Waals surface area contributed by atoms with Crippen molar-refractivity contribution in [3.8, 4) is 0 Å². The molecule has 0 aliphatic heterocycles. The van der Waals surface area contributed by atoms with Gasteiger partial charge in [-0.1, -0.05) is 26.0 Å². The third-order valence-electron chi connectivity index (χ3n) is 2.96. The molecule has 1 aromatic carbocycles. The molecule has 0 radical (unpaired) electrons. The molecule has 0 bridgehead atoms. The van der Waals surface area contributed by atoms with Crippen LogP contribution in [0.4, 0.5) is 8.78 Å². The van der Waals surface area contributed by atoms with E-state index in [-0.39, 0.29) is 0 Å². The average Bonchev–Trinajstić information content (AvgIpc) is 2.28. The Morgan fingerprint density at radius 2 is 1.94 bits per heavy atom. The lowest BCUT2D eigenvalue weighted by Gasteiger charge is -2.18. The largest absolute Gasteiger partial charge is 0.317 e. The van der Waals surface area contributed by atoms with E-state index in [0.717, 1.165) is 18.9 Å². The molecule has 17 heavy (non-hydrogen) atoms. The second-order valence-corrected chi connectivity index (χ2v) is 4.87. The summed E-state index contributed by atoms with van der Waals surface area (Å²) in [6, 6.07) is 4.73. The fourth-order valence-electron chi connectivity index (χ4n) is 2.02. The number of benzene rings is 1. The molecule has 0 amide bonds. The van der Waals surface area contributed by atoms with Crippen molar-refractivity contribution in [1.29, 1.82) is 0 Å². The van der Waals surface area contributed by atoms with Crippen LogP contribution in [0, 0.1) is 17.6 Å². The first-order chi connectivity index (χ1) is 8.04. The maximum absolute atomic E-state index is 13.4. The lowest BCUT2D eigenvalue weighted by Crippen LogP contribution is -2.27. The Morgan fingerprint density at radius 1 is 1.24 bits per heavy atom. The monoisotopic (exact) mass is 241 g/mol. The first-order valence-electron chi connectivity index (χ1n) is 6.14. The van der Waals surface area contributed by atoms with Crippen molar-refractivity contribution in [3.05, 3.63) is 35.4 Å². The molecule has 1 nitrogen and oxygen atoms in total. The van der Waals surface area contributed by atoms with Crippen molar-refractivity contribution < 1.29 is 8.78 Å². The molecule has 3 heteroatoms. The van der Waals surface area contributed by atoms with Gasteiger partial charge in [-0.05, 0) is 43.9 Å². The van der Waals surface area contributed by atoms with E-state index in [9.17, 15) is 8.78 Å². The molecule has 0 aromatic heterocycles. The van der Waals surface area contributed by atoms with Crippen LogP contribution >= 0.6 is 0 Å². The summed E-state index contributed by atoms with van der Waals surface area (Å²) in [5.41, 5.74) is 0.467. The Bertz CT molecular complexity index is 350. The van der Waals surface area contributed by atoms with Gasteiger partial charge in [0.05, 0.1) is 0 Å². The second kappa shape index (κ2) is 6.70. The summed E-state index contributed by atoms with van der Waals surface area (Å²) >= 11 is 0. The van der Waals surface area contributed by atoms with E-state index in [1.54, 1.807) is 12.1 Å². The first-order valence-corrected chi connectivity index (χ1v) is 6.14. The van der Waals surface area contributed by atoms with Crippen LogP contribution in [0.15, 0.2) is 18.2 Å². The van der Waals surface area contributed by atoms with Crippen LogP contribution < -0.4 is 5.32 Å². The van der Waals surface area contributed by atoms with Gasteiger partial charge in [-0.25, -0.2) is 8.78 Å². The minimum absolute atomic E-state index is 0.359. The highest BCUT2D eigenvalue weighted by Gasteiger charge is 2.12. The Balaban J connectivity index is 2.56. The van der Waals surface area contributed by atoms with Gasteiger partial charge < -0.3 is 5.32 Å². The van der Waals surface area contributed by atoms with Crippen molar-refractivity contribution in [2.24, 2.45) is 5.92 Å². The summed E-state index contributed by atoms with van der Waals surface area (Å²) in [4.78, 5) is 0. The molecule has 0 heterocycles. The van der Waals surface area contributed by atoms with Crippen molar-refractivity contribution >= 4 is 0 Å². The third kappa shape index (κ3) is 4.43. The zero-order chi connectivity index (χ0) is 12.8. The lowest BCUT2D eigenvalue weighted by atomic mass is 9.97. The summed E-state index contributed by atoms with van der Waals surface area (Å²) in [5.74, 6) is -0.857. The highest BCUT2D eigenvalue weighted by atomic mass is 19.2. The topological polar surface area (TPSA) is 12.0 Å². The molecule has 0 aliphatic carbocycles. The van der Waals surface area contributed by atoms with Gasteiger partial charge in [-0.2, -0.15) is 0 Å². The molecule has 1 rings (SSSR count). The Morgan fingerprint density at radius 3 is 2.53 bits per heavy atom. The minimum atomic E-state index is -0.757. The van der Waals surface area contributed by atoms with Crippen LogP contribution in [0.1, 0.15) is 32.3 Å². The van der Waals surface area contributed by atoms with Crippen LogP contribution in [-0.4, -0.2) is 13.1 Å². The first kappa shape index (κ1) is 14.1. The summed E-state index contributed by atoms with van der Waals surface area (Å²) in [7, 11) is 1.91. The van der Waals surface area contributed by atoms with Gasteiger partial charge in [0.15, 0.2) is 11.6 Å². The zero-order valence-corrected chi connectivity index (χ0v) is 10.8. The standard InChI is InChI=1S/C14H21F2N/c1-10(2)9-12(17-3)8-7-11-5-4-6-13(15)14(11)16/h4-6,10,12,17H,7-9H2,1-3H3. The molecule has 1 N–H and O–H groups in total. The molecule has 1 atom stereocenters. The van der Waals surface area contributed by atoms with E-state index >= 15 is 0 Å². The summed E-state index contributed by atoms with van der Waals surface area (Å²) in [6.07, 6.45) is 2.45. The van der Waals surface area contributed by atoms with Gasteiger partial charge in [-0.3, -0.25) is 0 Å². The maximum Gasteiger partial charge on any atom is 0.162 e. The molecule has 96 valence electrons. The maximum atomic E-state index is 13.4. The SMILES string of the molecule is CNC(CCc1cccc(F)c1F)CC(C)C. The molecular weight excluding hydrogens is 220 g/mol. The minimum Gasteiger partial charge on any atom is -0.317 e. The van der Waals surface area contributed by atoms with Crippen LogP contribution in [0.3, 0.4) is 0 Å². The Hall–Kier alpha value is -0.960. The Labute approximate surface area is 102 Å². The zero-order valence-electron chi connectivity index (χ0n) is 10.8. The molecule has 0 saturated heterocycles. The molecule has 1 aromatic rings. The van der Waals surface area contributed by atoms with Crippen LogP contribution in [-0.2, 0) is 6.42 Å². The van der Waals surface area contributed by atoms with Crippen LogP contribution in [0.5, 0.6) is 0 Å². The lowest BCUT2D eigenvalue weighted by molar-refractivity contribution is 0.417. The number of rotatable bonds is 6. The van der Waals surface area contributed by atoms with Gasteiger partial charge in [-0.15, -0.1) is 0 Å². The van der Waals surface area contributed by atoms with E-state index in [2.05, 4.69) is 19.2 Å². The molecule has 1 unspecified atom stereocenters. The van der Waals surface area contributed by atoms with E-state index in [0.29, 0.717) is 23.9 Å². The highest BCUT2D eigenvalue weighted by Crippen LogP contribution is 2.16. The van der Waals surface area contributed by atoms with Gasteiger partial charge in [0, 0.05) is 6.04 Å². The highest BCUT2D eigenvalue weighted by molar-refractivity contribution is 5.19. The van der Waals surface area contributed by atoms with E-state index in [1.165, 1.54) is 0 Å². The molecule has 0 fully saturated rings. The van der Waals surface area contributed by atoms with Gasteiger partial charge in [0.2, 0.25) is 0 Å². The fraction of sp³-hybridized carbons (Fsp3) is 0.571. The van der Waals surface area contributed by atoms with Crippen molar-refractivity contribution in [2.75, 3.05) is 7.05 Å². The number of hydrogen-bond acceptors (Lipinski definition) is 1. The molecular formula is C14H21F2N. The van der Waals surface area contributed by atoms with Crippen molar-refractivity contribution in [1.82, 2.24) is 5.32 Å². The number of aryl methyl sites for hydroxylation is 1. The van der Waals surface area contributed by atoms with Crippen LogP contribution in [0.25, 0.3) is 0 Å². The van der Waals surface area contributed by atoms with Crippen molar-refractivity contribution in [3.63, 3.8) is 0 Å². The predicted octanol–water partition coefficient (Wildman–Crippen LogP) is 3.53. The fourth-order valence-corrected chi connectivity index (χ4v) is 2.02. The van der Waals surface area contributed by atoms with Gasteiger partial charge in [0.25, 0.3) is 0 Å². The second-order valence-electron chi connectivity index (χ2n) is 4.87. The smallest absolute Gasteiger partial charge is 0.162 e. The third-order valence-corrected chi connectivity index (χ3v) is 2.96. The summed E-state index contributed by atoms with van der Waals surface area (Å²) < 4.78 is 26.4. The molecule has 0 aliphatic rings. The molecule has 0 saturated carbocycles. The summed E-state index contributed by atoms with van der Waals surface area (Å²) in [5, 5.41) is 3.22. The van der Waals surface area contributed by atoms with Crippen molar-refractivity contribution in [2.45, 2.75) is 39.2 Å². The van der Waals surface area contributed by atoms with Gasteiger partial charge >= 0.3 is 0 Å². The average molecular weight is 241 g/mol. The van der Waals surface area contributed by atoms with E-state index in [4.69, 9.17) is 0 Å². The number of halogens is 2. The normalized spacial score (nSPS) is 13.1. The van der Waals surface area contributed by atoms with Crippen LogP contribution in [0.2, 0.25) is 0 Å². The number of nitrogens with one attached hydrogen (secondary N) is 1. The van der Waals surface area contributed by atoms with Gasteiger partial charge in [0.1, 0.15) is 0 Å². The summed E-state index contributed by atoms with van der Waals surface area (Å²) in [6.45, 7) is 4.32. The predicted molar refractivity (Wildman–Crippen MR) is 67.0 cm³/mol. The Kier molecular flexibility index (Phi) is 5.56. The quantitative estimate of drug-likeness (QED) is 0.803. The van der Waals surface area contributed by atoms with E-state index in [1.807, 2.05) is 7.05 Å². The molecule has 0 spiro atoms.